The smallest absolute Gasteiger partial charge is 0.0376 e. The van der Waals surface area contributed by atoms with E-state index in [0.717, 1.165) is 13.1 Å². The summed E-state index contributed by atoms with van der Waals surface area (Å²) in [5, 5.41) is 3.94. The van der Waals surface area contributed by atoms with Crippen molar-refractivity contribution in [1.29, 1.82) is 0 Å². The minimum atomic E-state index is 0.381. The molecule has 1 aromatic rings. The van der Waals surface area contributed by atoms with E-state index in [-0.39, 0.29) is 0 Å². The second kappa shape index (κ2) is 6.58. The zero-order chi connectivity index (χ0) is 13.0. The first-order chi connectivity index (χ1) is 8.66. The van der Waals surface area contributed by atoms with Gasteiger partial charge in [0.25, 0.3) is 0 Å². The number of alkyl halides is 1. The molecule has 2 heteroatoms. The Hall–Kier alpha value is -0.530. The molecule has 0 amide bonds. The summed E-state index contributed by atoms with van der Waals surface area (Å²) in [5.74, 6) is 0.659. The molecular weight excluding hydrogens is 242 g/mol. The number of benzene rings is 1. The Balaban J connectivity index is 1.79. The molecule has 1 nitrogen and oxygen atoms in total. The van der Waals surface area contributed by atoms with Crippen molar-refractivity contribution in [3.05, 3.63) is 34.9 Å². The normalized spacial score (nSPS) is 24.2. The molecule has 1 N–H and O–H groups in total. The number of halogens is 1. The van der Waals surface area contributed by atoms with Gasteiger partial charge in [0.1, 0.15) is 0 Å². The average Bonchev–Trinajstić information content (AvgIpc) is 2.36. The maximum absolute atomic E-state index is 6.37. The molecule has 0 heterocycles. The van der Waals surface area contributed by atoms with E-state index in [2.05, 4.69) is 37.4 Å². The Morgan fingerprint density at radius 2 is 1.94 bits per heavy atom. The number of rotatable bonds is 4. The third kappa shape index (κ3) is 3.73. The van der Waals surface area contributed by atoms with Crippen molar-refractivity contribution >= 4 is 11.6 Å². The quantitative estimate of drug-likeness (QED) is 0.805. The summed E-state index contributed by atoms with van der Waals surface area (Å²) in [6.07, 6.45) is 5.13. The van der Waals surface area contributed by atoms with Crippen LogP contribution >= 0.6 is 11.6 Å². The molecule has 2 unspecified atom stereocenters. The minimum absolute atomic E-state index is 0.381. The Labute approximate surface area is 116 Å². The highest BCUT2D eigenvalue weighted by Crippen LogP contribution is 2.28. The Morgan fingerprint density at radius 3 is 2.67 bits per heavy atom. The molecule has 1 aliphatic rings. The molecule has 2 atom stereocenters. The van der Waals surface area contributed by atoms with Crippen molar-refractivity contribution in [2.45, 2.75) is 51.5 Å². The summed E-state index contributed by atoms with van der Waals surface area (Å²) >= 11 is 6.37. The van der Waals surface area contributed by atoms with Crippen LogP contribution in [-0.4, -0.2) is 11.9 Å². The first-order valence-electron chi connectivity index (χ1n) is 7.07. The summed E-state index contributed by atoms with van der Waals surface area (Å²) in [7, 11) is 0. The highest BCUT2D eigenvalue weighted by Gasteiger charge is 2.22. The van der Waals surface area contributed by atoms with Crippen LogP contribution in [0.5, 0.6) is 0 Å². The number of nitrogens with one attached hydrogen (secondary N) is 1. The van der Waals surface area contributed by atoms with Gasteiger partial charge in [0.15, 0.2) is 0 Å². The van der Waals surface area contributed by atoms with Crippen LogP contribution < -0.4 is 5.32 Å². The number of hydrogen-bond acceptors (Lipinski definition) is 1. The van der Waals surface area contributed by atoms with Gasteiger partial charge in [0.05, 0.1) is 0 Å². The third-order valence-corrected chi connectivity index (χ3v) is 4.70. The lowest BCUT2D eigenvalue weighted by Crippen LogP contribution is -2.30. The molecule has 1 aliphatic carbocycles. The molecule has 1 aromatic carbocycles. The van der Waals surface area contributed by atoms with Crippen molar-refractivity contribution in [3.8, 4) is 0 Å². The molecule has 0 bridgehead atoms. The van der Waals surface area contributed by atoms with Gasteiger partial charge < -0.3 is 5.32 Å². The molecule has 0 saturated heterocycles. The summed E-state index contributed by atoms with van der Waals surface area (Å²) in [5.41, 5.74) is 4.12. The molecule has 1 fully saturated rings. The van der Waals surface area contributed by atoms with Gasteiger partial charge in [-0.1, -0.05) is 31.0 Å². The van der Waals surface area contributed by atoms with Gasteiger partial charge >= 0.3 is 0 Å². The van der Waals surface area contributed by atoms with Crippen LogP contribution in [0.15, 0.2) is 18.2 Å². The third-order valence-electron chi connectivity index (χ3n) is 4.12. The van der Waals surface area contributed by atoms with Crippen molar-refractivity contribution in [2.75, 3.05) is 6.54 Å². The molecule has 0 spiro atoms. The van der Waals surface area contributed by atoms with E-state index in [1.165, 1.54) is 42.4 Å². The fourth-order valence-corrected chi connectivity index (χ4v) is 3.08. The zero-order valence-electron chi connectivity index (χ0n) is 11.5. The van der Waals surface area contributed by atoms with Crippen LogP contribution in [0, 0.1) is 19.8 Å². The van der Waals surface area contributed by atoms with E-state index >= 15 is 0 Å². The van der Waals surface area contributed by atoms with E-state index in [9.17, 15) is 0 Å². The van der Waals surface area contributed by atoms with Crippen LogP contribution in [0.1, 0.15) is 42.4 Å². The first-order valence-corrected chi connectivity index (χ1v) is 7.51. The molecule has 1 saturated carbocycles. The Morgan fingerprint density at radius 1 is 1.17 bits per heavy atom. The van der Waals surface area contributed by atoms with Crippen molar-refractivity contribution in [2.24, 2.45) is 5.92 Å². The molecule has 0 radical (unpaired) electrons. The van der Waals surface area contributed by atoms with Crippen LogP contribution in [0.2, 0.25) is 0 Å². The van der Waals surface area contributed by atoms with E-state index in [1.54, 1.807) is 0 Å². The topological polar surface area (TPSA) is 12.0 Å². The molecule has 0 aromatic heterocycles. The molecule has 100 valence electrons. The van der Waals surface area contributed by atoms with Gasteiger partial charge in [0, 0.05) is 11.9 Å². The van der Waals surface area contributed by atoms with E-state index in [0.29, 0.717) is 11.3 Å². The van der Waals surface area contributed by atoms with E-state index < -0.39 is 0 Å². The van der Waals surface area contributed by atoms with Crippen LogP contribution in [0.4, 0.5) is 0 Å². The lowest BCUT2D eigenvalue weighted by Gasteiger charge is -2.27. The van der Waals surface area contributed by atoms with Crippen LogP contribution in [-0.2, 0) is 6.54 Å². The van der Waals surface area contributed by atoms with Gasteiger partial charge in [-0.2, -0.15) is 0 Å². The lowest BCUT2D eigenvalue weighted by molar-refractivity contribution is 0.348. The highest BCUT2D eigenvalue weighted by atomic mass is 35.5. The Kier molecular flexibility index (Phi) is 5.08. The zero-order valence-corrected chi connectivity index (χ0v) is 12.3. The van der Waals surface area contributed by atoms with Crippen molar-refractivity contribution in [1.82, 2.24) is 5.32 Å². The second-order valence-electron chi connectivity index (χ2n) is 5.61. The van der Waals surface area contributed by atoms with Crippen molar-refractivity contribution in [3.63, 3.8) is 0 Å². The van der Waals surface area contributed by atoms with Gasteiger partial charge in [-0.25, -0.2) is 0 Å². The molecule has 0 aliphatic heterocycles. The fourth-order valence-electron chi connectivity index (χ4n) is 2.71. The van der Waals surface area contributed by atoms with Crippen LogP contribution in [0.25, 0.3) is 0 Å². The molecular formula is C16H24ClN. The van der Waals surface area contributed by atoms with Gasteiger partial charge in [-0.05, 0) is 55.8 Å². The minimum Gasteiger partial charge on any atom is -0.312 e. The molecule has 18 heavy (non-hydrogen) atoms. The highest BCUT2D eigenvalue weighted by molar-refractivity contribution is 6.20. The molecule has 2 rings (SSSR count). The predicted molar refractivity (Wildman–Crippen MR) is 79.2 cm³/mol. The summed E-state index contributed by atoms with van der Waals surface area (Å²) in [6, 6.07) is 6.70. The maximum atomic E-state index is 6.37. The van der Waals surface area contributed by atoms with Crippen molar-refractivity contribution < 1.29 is 0 Å². The Bertz CT molecular complexity index is 389. The number of hydrogen-bond donors (Lipinski definition) is 1. The van der Waals surface area contributed by atoms with Gasteiger partial charge in [-0.3, -0.25) is 0 Å². The summed E-state index contributed by atoms with van der Waals surface area (Å²) < 4.78 is 0. The standard InChI is InChI=1S/C16H24ClN/c1-12-7-8-14(9-13(12)2)10-18-11-15-5-3-4-6-16(15)17/h7-9,15-16,18H,3-6,10-11H2,1-2H3. The SMILES string of the molecule is Cc1ccc(CNCC2CCCCC2Cl)cc1C. The number of aryl methyl sites for hydroxylation is 2. The average molecular weight is 266 g/mol. The monoisotopic (exact) mass is 265 g/mol. The maximum Gasteiger partial charge on any atom is 0.0376 e. The predicted octanol–water partition coefficient (Wildman–Crippen LogP) is 4.19. The van der Waals surface area contributed by atoms with Crippen LogP contribution in [0.3, 0.4) is 0 Å². The largest absolute Gasteiger partial charge is 0.312 e. The van der Waals surface area contributed by atoms with E-state index in [4.69, 9.17) is 11.6 Å². The second-order valence-corrected chi connectivity index (χ2v) is 6.17. The first kappa shape index (κ1) is 13.9. The lowest BCUT2D eigenvalue weighted by atomic mass is 9.88. The fraction of sp³-hybridized carbons (Fsp3) is 0.625. The van der Waals surface area contributed by atoms with Gasteiger partial charge in [-0.15, -0.1) is 11.6 Å². The summed E-state index contributed by atoms with van der Waals surface area (Å²) in [4.78, 5) is 0. The van der Waals surface area contributed by atoms with Gasteiger partial charge in [0.2, 0.25) is 0 Å². The summed E-state index contributed by atoms with van der Waals surface area (Å²) in [6.45, 7) is 6.35. The van der Waals surface area contributed by atoms with E-state index in [1.807, 2.05) is 0 Å².